The molecule has 0 spiro atoms. The van der Waals surface area contributed by atoms with Gasteiger partial charge in [0.15, 0.2) is 11.7 Å². The van der Waals surface area contributed by atoms with Crippen molar-refractivity contribution in [2.45, 2.75) is 45.3 Å². The summed E-state index contributed by atoms with van der Waals surface area (Å²) in [7, 11) is 1.65. The Hall–Kier alpha value is -0.620. The summed E-state index contributed by atoms with van der Waals surface area (Å²) in [5.41, 5.74) is -0.839. The first-order valence-electron chi connectivity index (χ1n) is 9.07. The monoisotopic (exact) mass is 519 g/mol. The van der Waals surface area contributed by atoms with E-state index in [0.29, 0.717) is 11.0 Å². The molecule has 27 heavy (non-hydrogen) atoms. The third-order valence-electron chi connectivity index (χ3n) is 4.41. The molecule has 0 bridgehead atoms. The topological polar surface area (TPSA) is 52.6 Å². The molecule has 2 heterocycles. The number of guanidine groups is 1. The molecule has 2 rings (SSSR count). The minimum atomic E-state index is -4.39. The van der Waals surface area contributed by atoms with Crippen molar-refractivity contribution in [3.8, 4) is 0 Å². The molecule has 1 fully saturated rings. The van der Waals surface area contributed by atoms with Gasteiger partial charge < -0.3 is 15.5 Å². The summed E-state index contributed by atoms with van der Waals surface area (Å²) in [5, 5.41) is 7.63. The van der Waals surface area contributed by atoms with E-state index in [1.807, 2.05) is 0 Å². The van der Waals surface area contributed by atoms with Crippen LogP contribution in [0.15, 0.2) is 10.4 Å². The van der Waals surface area contributed by atoms with E-state index >= 15 is 0 Å². The zero-order valence-electron chi connectivity index (χ0n) is 15.8. The quantitative estimate of drug-likeness (QED) is 0.248. The van der Waals surface area contributed by atoms with E-state index in [0.717, 1.165) is 48.6 Å². The van der Waals surface area contributed by atoms with Crippen molar-refractivity contribution in [2.75, 3.05) is 33.2 Å². The van der Waals surface area contributed by atoms with Gasteiger partial charge in [-0.2, -0.15) is 13.2 Å². The summed E-state index contributed by atoms with van der Waals surface area (Å²) in [6, 6.07) is 0. The zero-order valence-corrected chi connectivity index (χ0v) is 19.0. The summed E-state index contributed by atoms with van der Waals surface area (Å²) < 4.78 is 37.6. The molecule has 156 valence electrons. The average Bonchev–Trinajstić information content (AvgIpc) is 3.07. The van der Waals surface area contributed by atoms with E-state index in [-0.39, 0.29) is 30.5 Å². The van der Waals surface area contributed by atoms with Crippen molar-refractivity contribution in [1.82, 2.24) is 20.5 Å². The lowest BCUT2D eigenvalue weighted by Gasteiger charge is -2.30. The zero-order chi connectivity index (χ0) is 19.0. The number of halogens is 4. The normalized spacial score (nSPS) is 18.9. The molecule has 2 N–H and O–H groups in total. The highest BCUT2D eigenvalue weighted by Gasteiger charge is 2.33. The maximum absolute atomic E-state index is 12.5. The Labute approximate surface area is 180 Å². The lowest BCUT2D eigenvalue weighted by molar-refractivity contribution is -0.140. The molecular formula is C17H29F3IN5S. The van der Waals surface area contributed by atoms with Gasteiger partial charge in [-0.15, -0.1) is 35.3 Å². The third-order valence-corrected chi connectivity index (χ3v) is 5.26. The number of thiazole rings is 1. The van der Waals surface area contributed by atoms with Crippen LogP contribution in [-0.4, -0.2) is 49.1 Å². The Morgan fingerprint density at radius 2 is 2.15 bits per heavy atom. The van der Waals surface area contributed by atoms with Crippen LogP contribution in [0.2, 0.25) is 0 Å². The first-order chi connectivity index (χ1) is 12.4. The molecule has 10 heteroatoms. The van der Waals surface area contributed by atoms with Crippen molar-refractivity contribution in [2.24, 2.45) is 10.9 Å². The molecule has 1 aromatic rings. The largest absolute Gasteiger partial charge is 0.434 e. The number of alkyl halides is 3. The van der Waals surface area contributed by atoms with Crippen LogP contribution in [0.4, 0.5) is 13.2 Å². The minimum absolute atomic E-state index is 0. The molecule has 1 unspecified atom stereocenters. The van der Waals surface area contributed by atoms with Crippen molar-refractivity contribution >= 4 is 41.3 Å². The van der Waals surface area contributed by atoms with Crippen molar-refractivity contribution in [3.05, 3.63) is 16.1 Å². The van der Waals surface area contributed by atoms with Crippen LogP contribution in [0.1, 0.15) is 43.3 Å². The second kappa shape index (κ2) is 12.1. The SMILES string of the molecule is CN=C(NCCCCN1CCCC(C)C1)NCc1nc(C(F)(F)F)cs1.I. The highest BCUT2D eigenvalue weighted by Crippen LogP contribution is 2.29. The summed E-state index contributed by atoms with van der Waals surface area (Å²) in [5.74, 6) is 1.38. The second-order valence-corrected chi connectivity index (χ2v) is 7.67. The fourth-order valence-corrected chi connectivity index (χ4v) is 3.80. The fourth-order valence-electron chi connectivity index (χ4n) is 3.06. The lowest BCUT2D eigenvalue weighted by atomic mass is 10.0. The first kappa shape index (κ1) is 24.4. The maximum atomic E-state index is 12.5. The Kier molecular flexibility index (Phi) is 10.9. The van der Waals surface area contributed by atoms with Crippen LogP contribution < -0.4 is 10.6 Å². The van der Waals surface area contributed by atoms with Crippen LogP contribution in [0.3, 0.4) is 0 Å². The van der Waals surface area contributed by atoms with Gasteiger partial charge in [0.2, 0.25) is 0 Å². The number of hydrogen-bond acceptors (Lipinski definition) is 4. The summed E-state index contributed by atoms with van der Waals surface area (Å²) >= 11 is 0.995. The number of nitrogens with one attached hydrogen (secondary N) is 2. The van der Waals surface area contributed by atoms with Gasteiger partial charge in [-0.3, -0.25) is 4.99 Å². The summed E-state index contributed by atoms with van der Waals surface area (Å²) in [6.07, 6.45) is 0.395. The highest BCUT2D eigenvalue weighted by atomic mass is 127. The van der Waals surface area contributed by atoms with Crippen LogP contribution in [0, 0.1) is 5.92 Å². The molecular weight excluding hydrogens is 490 g/mol. The van der Waals surface area contributed by atoms with Gasteiger partial charge in [-0.05, 0) is 44.7 Å². The van der Waals surface area contributed by atoms with Crippen LogP contribution in [0.5, 0.6) is 0 Å². The Balaban J connectivity index is 0.00000364. The number of rotatable bonds is 7. The first-order valence-corrected chi connectivity index (χ1v) is 9.95. The average molecular weight is 519 g/mol. The predicted octanol–water partition coefficient (Wildman–Crippen LogP) is 3.96. The molecule has 1 aromatic heterocycles. The Morgan fingerprint density at radius 3 is 2.78 bits per heavy atom. The van der Waals surface area contributed by atoms with E-state index in [1.54, 1.807) is 7.05 Å². The smallest absolute Gasteiger partial charge is 0.356 e. The van der Waals surface area contributed by atoms with E-state index in [4.69, 9.17) is 0 Å². The van der Waals surface area contributed by atoms with Crippen molar-refractivity contribution < 1.29 is 13.2 Å². The van der Waals surface area contributed by atoms with E-state index < -0.39 is 11.9 Å². The van der Waals surface area contributed by atoms with Crippen molar-refractivity contribution in [3.63, 3.8) is 0 Å². The molecule has 0 aliphatic carbocycles. The van der Waals surface area contributed by atoms with Gasteiger partial charge in [0.05, 0.1) is 6.54 Å². The summed E-state index contributed by atoms with van der Waals surface area (Å²) in [4.78, 5) is 10.2. The van der Waals surface area contributed by atoms with Gasteiger partial charge in [0, 0.05) is 25.5 Å². The standard InChI is InChI=1S/C17H28F3N5S.HI/c1-13-6-5-9-25(11-13)8-4-3-7-22-16(21-2)23-10-15-24-14(12-26-15)17(18,19)20;/h12-13H,3-11H2,1-2H3,(H2,21,22,23);1H. The van der Waals surface area contributed by atoms with Gasteiger partial charge in [0.1, 0.15) is 5.01 Å². The molecule has 1 atom stereocenters. The van der Waals surface area contributed by atoms with Crippen LogP contribution >= 0.6 is 35.3 Å². The van der Waals surface area contributed by atoms with Gasteiger partial charge in [-0.25, -0.2) is 4.98 Å². The molecule has 1 saturated heterocycles. The number of aromatic nitrogens is 1. The van der Waals surface area contributed by atoms with E-state index in [9.17, 15) is 13.2 Å². The maximum Gasteiger partial charge on any atom is 0.434 e. The number of aliphatic imine (C=N–C) groups is 1. The molecule has 0 aromatic carbocycles. The van der Waals surface area contributed by atoms with Crippen molar-refractivity contribution in [1.29, 1.82) is 0 Å². The molecule has 0 amide bonds. The number of nitrogens with zero attached hydrogens (tertiary/aromatic N) is 3. The number of likely N-dealkylation sites (tertiary alicyclic amines) is 1. The van der Waals surface area contributed by atoms with Gasteiger partial charge >= 0.3 is 6.18 Å². The molecule has 5 nitrogen and oxygen atoms in total. The Morgan fingerprint density at radius 1 is 1.37 bits per heavy atom. The second-order valence-electron chi connectivity index (χ2n) is 6.73. The number of unbranched alkanes of at least 4 members (excludes halogenated alkanes) is 1. The van der Waals surface area contributed by atoms with E-state index in [2.05, 4.69) is 32.4 Å². The number of hydrogen-bond donors (Lipinski definition) is 2. The molecule has 0 radical (unpaired) electrons. The van der Waals surface area contributed by atoms with Gasteiger partial charge in [-0.1, -0.05) is 6.92 Å². The van der Waals surface area contributed by atoms with Crippen LogP contribution in [-0.2, 0) is 12.7 Å². The molecule has 1 aliphatic heterocycles. The Bertz CT molecular complexity index is 579. The number of piperidine rings is 1. The molecule has 1 aliphatic rings. The predicted molar refractivity (Wildman–Crippen MR) is 115 cm³/mol. The third kappa shape index (κ3) is 8.95. The highest BCUT2D eigenvalue weighted by molar-refractivity contribution is 14.0. The minimum Gasteiger partial charge on any atom is -0.356 e. The summed E-state index contributed by atoms with van der Waals surface area (Å²) in [6.45, 7) is 6.85. The lowest BCUT2D eigenvalue weighted by Crippen LogP contribution is -2.38. The molecule has 0 saturated carbocycles. The van der Waals surface area contributed by atoms with Gasteiger partial charge in [0.25, 0.3) is 0 Å². The van der Waals surface area contributed by atoms with E-state index in [1.165, 1.54) is 25.9 Å². The fraction of sp³-hybridized carbons (Fsp3) is 0.765. The van der Waals surface area contributed by atoms with Crippen LogP contribution in [0.25, 0.3) is 0 Å².